The fraction of sp³-hybridized carbons (Fsp3) is 0.429. The van der Waals surface area contributed by atoms with Crippen LogP contribution in [-0.2, 0) is 4.79 Å². The third kappa shape index (κ3) is 5.10. The number of nitro groups is 1. The Labute approximate surface area is 122 Å². The van der Waals surface area contributed by atoms with Gasteiger partial charge in [-0.1, -0.05) is 6.07 Å². The minimum absolute atomic E-state index is 0.0552. The molecule has 0 saturated carbocycles. The first kappa shape index (κ1) is 16.4. The summed E-state index contributed by atoms with van der Waals surface area (Å²) in [5.74, 6) is -0.0157. The van der Waals surface area contributed by atoms with Crippen molar-refractivity contribution in [3.8, 4) is 11.8 Å². The molecular formula is C14H17N3O4. The summed E-state index contributed by atoms with van der Waals surface area (Å²) >= 11 is 0. The molecule has 1 rings (SSSR count). The van der Waals surface area contributed by atoms with E-state index in [0.29, 0.717) is 6.54 Å². The summed E-state index contributed by atoms with van der Waals surface area (Å²) in [7, 11) is 1.61. The maximum atomic E-state index is 11.7. The van der Waals surface area contributed by atoms with Crippen molar-refractivity contribution in [3.63, 3.8) is 0 Å². The number of nitro benzene ring substituents is 1. The summed E-state index contributed by atoms with van der Waals surface area (Å²) in [6, 6.07) is 6.62. The smallest absolute Gasteiger partial charge is 0.311 e. The molecule has 0 fully saturated rings. The molecule has 0 unspecified atom stereocenters. The Morgan fingerprint density at radius 2 is 2.24 bits per heavy atom. The molecule has 0 N–H and O–H groups in total. The molecular weight excluding hydrogens is 274 g/mol. The van der Waals surface area contributed by atoms with E-state index < -0.39 is 4.92 Å². The lowest BCUT2D eigenvalue weighted by atomic mass is 10.2. The van der Waals surface area contributed by atoms with E-state index >= 15 is 0 Å². The average molecular weight is 291 g/mol. The summed E-state index contributed by atoms with van der Waals surface area (Å²) in [6.45, 7) is 2.17. The zero-order valence-corrected chi connectivity index (χ0v) is 12.0. The molecule has 1 aromatic carbocycles. The zero-order chi connectivity index (χ0) is 15.8. The number of carbonyl (C=O) groups excluding carboxylic acids is 1. The van der Waals surface area contributed by atoms with Crippen molar-refractivity contribution in [1.82, 2.24) is 4.90 Å². The molecule has 0 heterocycles. The van der Waals surface area contributed by atoms with Crippen LogP contribution < -0.4 is 4.74 Å². The van der Waals surface area contributed by atoms with Crippen LogP contribution in [-0.4, -0.2) is 35.9 Å². The van der Waals surface area contributed by atoms with Crippen LogP contribution in [0.3, 0.4) is 0 Å². The molecule has 112 valence electrons. The third-order valence-electron chi connectivity index (χ3n) is 2.87. The van der Waals surface area contributed by atoms with Gasteiger partial charge in [-0.25, -0.2) is 0 Å². The van der Waals surface area contributed by atoms with Crippen LogP contribution in [0.1, 0.15) is 18.4 Å². The number of rotatable bonds is 7. The van der Waals surface area contributed by atoms with Gasteiger partial charge in [0, 0.05) is 19.7 Å². The van der Waals surface area contributed by atoms with E-state index in [9.17, 15) is 14.9 Å². The van der Waals surface area contributed by atoms with Gasteiger partial charge < -0.3 is 9.64 Å². The molecule has 0 spiro atoms. The molecule has 1 aromatic rings. The van der Waals surface area contributed by atoms with E-state index in [1.165, 1.54) is 17.0 Å². The molecule has 1 amide bonds. The maximum Gasteiger partial charge on any atom is 0.311 e. The van der Waals surface area contributed by atoms with Crippen molar-refractivity contribution < 1.29 is 14.5 Å². The first-order chi connectivity index (χ1) is 9.95. The van der Waals surface area contributed by atoms with Crippen LogP contribution in [0.5, 0.6) is 5.75 Å². The van der Waals surface area contributed by atoms with E-state index in [1.54, 1.807) is 20.0 Å². The van der Waals surface area contributed by atoms with Gasteiger partial charge in [0.1, 0.15) is 0 Å². The summed E-state index contributed by atoms with van der Waals surface area (Å²) in [4.78, 5) is 23.6. The highest BCUT2D eigenvalue weighted by Gasteiger charge is 2.16. The first-order valence-corrected chi connectivity index (χ1v) is 6.44. The molecule has 0 bridgehead atoms. The third-order valence-corrected chi connectivity index (χ3v) is 2.87. The normalized spacial score (nSPS) is 9.76. The minimum Gasteiger partial charge on any atom is -0.486 e. The Morgan fingerprint density at radius 3 is 2.86 bits per heavy atom. The molecule has 7 heteroatoms. The number of carbonyl (C=O) groups is 1. The summed E-state index contributed by atoms with van der Waals surface area (Å²) in [5.41, 5.74) is 0.654. The van der Waals surface area contributed by atoms with Crippen molar-refractivity contribution in [2.24, 2.45) is 0 Å². The zero-order valence-electron chi connectivity index (χ0n) is 12.0. The molecule has 0 radical (unpaired) electrons. The Morgan fingerprint density at radius 1 is 1.52 bits per heavy atom. The predicted octanol–water partition coefficient (Wildman–Crippen LogP) is 2.04. The molecule has 0 saturated heterocycles. The van der Waals surface area contributed by atoms with Crippen molar-refractivity contribution in [1.29, 1.82) is 5.26 Å². The van der Waals surface area contributed by atoms with Crippen molar-refractivity contribution in [2.75, 3.05) is 20.2 Å². The monoisotopic (exact) mass is 291 g/mol. The van der Waals surface area contributed by atoms with Crippen molar-refractivity contribution in [2.45, 2.75) is 19.8 Å². The molecule has 0 aliphatic rings. The Kier molecular flexibility index (Phi) is 6.14. The van der Waals surface area contributed by atoms with Crippen LogP contribution in [0.2, 0.25) is 0 Å². The van der Waals surface area contributed by atoms with Crippen LogP contribution in [0.15, 0.2) is 18.2 Å². The highest BCUT2D eigenvalue weighted by molar-refractivity contribution is 5.76. The highest BCUT2D eigenvalue weighted by atomic mass is 16.6. The Hall–Kier alpha value is -2.62. The van der Waals surface area contributed by atoms with Gasteiger partial charge in [0.2, 0.25) is 5.91 Å². The van der Waals surface area contributed by atoms with Crippen LogP contribution in [0.25, 0.3) is 0 Å². The lowest BCUT2D eigenvalue weighted by molar-refractivity contribution is -0.385. The van der Waals surface area contributed by atoms with Crippen LogP contribution in [0.4, 0.5) is 5.69 Å². The number of ether oxygens (including phenoxy) is 1. The first-order valence-electron chi connectivity index (χ1n) is 6.44. The van der Waals surface area contributed by atoms with E-state index in [0.717, 1.165) is 5.56 Å². The highest BCUT2D eigenvalue weighted by Crippen LogP contribution is 2.27. The number of nitriles is 1. The molecule has 0 aliphatic carbocycles. The minimum atomic E-state index is -0.511. The maximum absolute atomic E-state index is 11.7. The number of amides is 1. The van der Waals surface area contributed by atoms with Gasteiger partial charge in [0.15, 0.2) is 5.75 Å². The van der Waals surface area contributed by atoms with Gasteiger partial charge in [-0.3, -0.25) is 14.9 Å². The van der Waals surface area contributed by atoms with Gasteiger partial charge in [0.25, 0.3) is 0 Å². The predicted molar refractivity (Wildman–Crippen MR) is 75.8 cm³/mol. The second kappa shape index (κ2) is 7.85. The van der Waals surface area contributed by atoms with E-state index in [4.69, 9.17) is 10.00 Å². The Bertz CT molecular complexity index is 566. The van der Waals surface area contributed by atoms with Gasteiger partial charge in [-0.2, -0.15) is 5.26 Å². The van der Waals surface area contributed by atoms with E-state index in [1.807, 2.05) is 6.07 Å². The number of hydrogen-bond donors (Lipinski definition) is 0. The van der Waals surface area contributed by atoms with Gasteiger partial charge in [-0.15, -0.1) is 0 Å². The second-order valence-corrected chi connectivity index (χ2v) is 4.55. The Balaban J connectivity index is 2.55. The van der Waals surface area contributed by atoms with Gasteiger partial charge in [0.05, 0.1) is 30.4 Å². The van der Waals surface area contributed by atoms with E-state index in [2.05, 4.69) is 0 Å². The molecule has 0 atom stereocenters. The standard InChI is InChI=1S/C14H17N3O4/c1-11-4-5-13(12(10-11)17(19)20)21-9-6-14(18)16(2)8-3-7-15/h4-5,10H,3,6,8-9H2,1-2H3. The molecule has 0 aliphatic heterocycles. The largest absolute Gasteiger partial charge is 0.486 e. The topological polar surface area (TPSA) is 96.5 Å². The number of benzene rings is 1. The quantitative estimate of drug-likeness (QED) is 0.565. The SMILES string of the molecule is Cc1ccc(OCCC(=O)N(C)CCC#N)c([N+](=O)[O-])c1. The summed E-state index contributed by atoms with van der Waals surface area (Å²) in [5, 5.41) is 19.4. The van der Waals surface area contributed by atoms with Crippen molar-refractivity contribution in [3.05, 3.63) is 33.9 Å². The fourth-order valence-corrected chi connectivity index (χ4v) is 1.67. The number of hydrogen-bond acceptors (Lipinski definition) is 5. The molecule has 7 nitrogen and oxygen atoms in total. The van der Waals surface area contributed by atoms with Crippen molar-refractivity contribution >= 4 is 11.6 Å². The average Bonchev–Trinajstić information content (AvgIpc) is 2.45. The van der Waals surface area contributed by atoms with Gasteiger partial charge >= 0.3 is 5.69 Å². The van der Waals surface area contributed by atoms with E-state index in [-0.39, 0.29) is 36.8 Å². The van der Waals surface area contributed by atoms with Gasteiger partial charge in [-0.05, 0) is 18.6 Å². The molecule has 0 aromatic heterocycles. The lowest BCUT2D eigenvalue weighted by Crippen LogP contribution is -2.28. The summed E-state index contributed by atoms with van der Waals surface area (Å²) in [6.07, 6.45) is 0.374. The number of nitrogens with zero attached hydrogens (tertiary/aromatic N) is 3. The fourth-order valence-electron chi connectivity index (χ4n) is 1.67. The van der Waals surface area contributed by atoms with Crippen LogP contribution >= 0.6 is 0 Å². The molecule has 21 heavy (non-hydrogen) atoms. The summed E-state index contributed by atoms with van der Waals surface area (Å²) < 4.78 is 5.32. The lowest BCUT2D eigenvalue weighted by Gasteiger charge is -2.15. The van der Waals surface area contributed by atoms with Crippen LogP contribution in [0, 0.1) is 28.4 Å². The number of aryl methyl sites for hydroxylation is 1. The second-order valence-electron chi connectivity index (χ2n) is 4.55.